The third-order valence-corrected chi connectivity index (χ3v) is 4.60. The Morgan fingerprint density at radius 3 is 2.16 bits per heavy atom. The van der Waals surface area contributed by atoms with E-state index in [4.69, 9.17) is 15.2 Å². The third-order valence-electron chi connectivity index (χ3n) is 4.60. The maximum Gasteiger partial charge on any atom is 0.407 e. The van der Waals surface area contributed by atoms with Crippen molar-refractivity contribution < 1.29 is 24.5 Å². The lowest BCUT2D eigenvalue weighted by Gasteiger charge is -2.22. The number of carbonyl (C=O) groups is 1. The first-order valence-corrected chi connectivity index (χ1v) is 9.96. The van der Waals surface area contributed by atoms with Crippen molar-refractivity contribution in [3.63, 3.8) is 0 Å². The highest BCUT2D eigenvalue weighted by atomic mass is 16.5. The number of benzene rings is 3. The lowest BCUT2D eigenvalue weighted by molar-refractivity contribution is 0.0655. The van der Waals surface area contributed by atoms with Crippen LogP contribution in [0.25, 0.3) is 0 Å². The van der Waals surface area contributed by atoms with Gasteiger partial charge in [0.05, 0.1) is 6.54 Å². The summed E-state index contributed by atoms with van der Waals surface area (Å²) in [4.78, 5) is 12.7. The zero-order valence-electron chi connectivity index (χ0n) is 17.1. The molecule has 0 bridgehead atoms. The number of hydrogen-bond donors (Lipinski definition) is 3. The zero-order valence-corrected chi connectivity index (χ0v) is 17.1. The Morgan fingerprint density at radius 1 is 0.903 bits per heavy atom. The summed E-state index contributed by atoms with van der Waals surface area (Å²) in [6.07, 6.45) is -1.51. The van der Waals surface area contributed by atoms with Gasteiger partial charge in [-0.15, -0.1) is 0 Å². The van der Waals surface area contributed by atoms with Crippen molar-refractivity contribution in [3.05, 3.63) is 84.4 Å². The van der Waals surface area contributed by atoms with Crippen LogP contribution < -0.4 is 15.2 Å². The number of aliphatic hydroxyl groups excluding tert-OH is 1. The number of nitrogen functional groups attached to an aromatic ring is 1. The highest BCUT2D eigenvalue weighted by Gasteiger charge is 2.17. The molecule has 0 aliphatic carbocycles. The molecule has 7 heteroatoms. The molecule has 0 unspecified atom stereocenters. The van der Waals surface area contributed by atoms with Crippen molar-refractivity contribution in [2.45, 2.75) is 12.5 Å². The average Bonchev–Trinajstić information content (AvgIpc) is 2.78. The summed E-state index contributed by atoms with van der Waals surface area (Å²) in [5, 5.41) is 19.7. The van der Waals surface area contributed by atoms with E-state index < -0.39 is 12.2 Å². The predicted molar refractivity (Wildman–Crippen MR) is 119 cm³/mol. The maximum atomic E-state index is 11.5. The second kappa shape index (κ2) is 10.9. The van der Waals surface area contributed by atoms with E-state index in [1.807, 2.05) is 42.5 Å². The summed E-state index contributed by atoms with van der Waals surface area (Å²) in [6, 6.07) is 23.7. The third kappa shape index (κ3) is 7.24. The van der Waals surface area contributed by atoms with Crippen molar-refractivity contribution in [2.24, 2.45) is 0 Å². The zero-order chi connectivity index (χ0) is 22.1. The maximum absolute atomic E-state index is 11.5. The minimum Gasteiger partial charge on any atom is -0.491 e. The van der Waals surface area contributed by atoms with E-state index in [0.717, 1.165) is 11.3 Å². The Morgan fingerprint density at radius 2 is 1.52 bits per heavy atom. The molecule has 31 heavy (non-hydrogen) atoms. The molecule has 0 saturated carbocycles. The van der Waals surface area contributed by atoms with Crippen LogP contribution in [0.4, 0.5) is 10.5 Å². The number of anilines is 1. The minimum atomic E-state index is -1.09. The number of carboxylic acid groups (broad SMARTS) is 1. The van der Waals surface area contributed by atoms with E-state index >= 15 is 0 Å². The van der Waals surface area contributed by atoms with Crippen molar-refractivity contribution >= 4 is 11.8 Å². The normalized spacial score (nSPS) is 11.5. The smallest absolute Gasteiger partial charge is 0.407 e. The SMILES string of the molecule is Nc1ccc(CCN(C[C@H](O)COc2ccc(Oc3ccccc3)cc2)C(=O)O)cc1. The van der Waals surface area contributed by atoms with E-state index in [0.29, 0.717) is 23.6 Å². The number of nitrogens with zero attached hydrogens (tertiary/aromatic N) is 1. The first kappa shape index (κ1) is 22.0. The summed E-state index contributed by atoms with van der Waals surface area (Å²) in [5.74, 6) is 1.96. The Kier molecular flexibility index (Phi) is 7.73. The minimum absolute atomic E-state index is 0.0233. The molecule has 4 N–H and O–H groups in total. The van der Waals surface area contributed by atoms with E-state index in [9.17, 15) is 15.0 Å². The molecule has 1 atom stereocenters. The second-order valence-corrected chi connectivity index (χ2v) is 7.07. The highest BCUT2D eigenvalue weighted by molar-refractivity contribution is 5.65. The largest absolute Gasteiger partial charge is 0.491 e. The van der Waals surface area contributed by atoms with Gasteiger partial charge in [0.1, 0.15) is 30.0 Å². The van der Waals surface area contributed by atoms with Crippen LogP contribution in [-0.4, -0.2) is 47.0 Å². The highest BCUT2D eigenvalue weighted by Crippen LogP contribution is 2.23. The summed E-state index contributed by atoms with van der Waals surface area (Å²) in [6.45, 7) is 0.200. The summed E-state index contributed by atoms with van der Waals surface area (Å²) >= 11 is 0. The number of hydrogen-bond acceptors (Lipinski definition) is 5. The molecule has 0 aliphatic rings. The Balaban J connectivity index is 1.45. The predicted octanol–water partition coefficient (Wildman–Crippen LogP) is 4.02. The molecule has 3 aromatic rings. The van der Waals surface area contributed by atoms with Gasteiger partial charge in [-0.25, -0.2) is 4.79 Å². The molecule has 3 rings (SSSR count). The summed E-state index contributed by atoms with van der Waals surface area (Å²) in [7, 11) is 0. The molecule has 0 fully saturated rings. The van der Waals surface area contributed by atoms with Gasteiger partial charge in [-0.3, -0.25) is 0 Å². The van der Waals surface area contributed by atoms with Crippen LogP contribution in [0.2, 0.25) is 0 Å². The van der Waals surface area contributed by atoms with Gasteiger partial charge in [-0.2, -0.15) is 0 Å². The molecular formula is C24H26N2O5. The summed E-state index contributed by atoms with van der Waals surface area (Å²) in [5.41, 5.74) is 7.30. The number of aliphatic hydroxyl groups is 1. The summed E-state index contributed by atoms with van der Waals surface area (Å²) < 4.78 is 11.3. The number of rotatable bonds is 10. The molecule has 0 aliphatic heterocycles. The average molecular weight is 422 g/mol. The van der Waals surface area contributed by atoms with Crippen LogP contribution in [0.15, 0.2) is 78.9 Å². The number of amides is 1. The molecule has 0 saturated heterocycles. The molecule has 0 aromatic heterocycles. The van der Waals surface area contributed by atoms with Crippen LogP contribution in [-0.2, 0) is 6.42 Å². The lowest BCUT2D eigenvalue weighted by atomic mass is 10.1. The number of para-hydroxylation sites is 1. The van der Waals surface area contributed by atoms with Gasteiger partial charge >= 0.3 is 6.09 Å². The number of ether oxygens (including phenoxy) is 2. The quantitative estimate of drug-likeness (QED) is 0.426. The molecule has 7 nitrogen and oxygen atoms in total. The van der Waals surface area contributed by atoms with Crippen LogP contribution in [0, 0.1) is 0 Å². The molecule has 1 amide bonds. The lowest BCUT2D eigenvalue weighted by Crippen LogP contribution is -2.40. The molecule has 0 spiro atoms. The first-order chi connectivity index (χ1) is 15.0. The van der Waals surface area contributed by atoms with Gasteiger partial charge in [0.15, 0.2) is 0 Å². The van der Waals surface area contributed by atoms with Gasteiger partial charge < -0.3 is 30.3 Å². The van der Waals surface area contributed by atoms with Crippen LogP contribution in [0.3, 0.4) is 0 Å². The van der Waals surface area contributed by atoms with Gasteiger partial charge in [0.2, 0.25) is 0 Å². The van der Waals surface area contributed by atoms with Crippen molar-refractivity contribution in [1.29, 1.82) is 0 Å². The second-order valence-electron chi connectivity index (χ2n) is 7.07. The van der Waals surface area contributed by atoms with Crippen molar-refractivity contribution in [2.75, 3.05) is 25.4 Å². The topological polar surface area (TPSA) is 105 Å². The van der Waals surface area contributed by atoms with Crippen LogP contribution in [0.1, 0.15) is 5.56 Å². The van der Waals surface area contributed by atoms with Gasteiger partial charge in [0, 0.05) is 12.2 Å². The molecule has 0 radical (unpaired) electrons. The fourth-order valence-corrected chi connectivity index (χ4v) is 2.94. The van der Waals surface area contributed by atoms with E-state index in [1.54, 1.807) is 36.4 Å². The van der Waals surface area contributed by atoms with Crippen LogP contribution in [0.5, 0.6) is 17.2 Å². The van der Waals surface area contributed by atoms with E-state index in [2.05, 4.69) is 0 Å². The molecule has 3 aromatic carbocycles. The fourth-order valence-electron chi connectivity index (χ4n) is 2.94. The van der Waals surface area contributed by atoms with Gasteiger partial charge in [-0.1, -0.05) is 30.3 Å². The van der Waals surface area contributed by atoms with Crippen LogP contribution >= 0.6 is 0 Å². The molecule has 0 heterocycles. The number of nitrogens with two attached hydrogens (primary N) is 1. The van der Waals surface area contributed by atoms with Crippen molar-refractivity contribution in [1.82, 2.24) is 4.90 Å². The Labute approximate surface area is 181 Å². The van der Waals surface area contributed by atoms with Gasteiger partial charge in [-0.05, 0) is 60.5 Å². The van der Waals surface area contributed by atoms with Crippen molar-refractivity contribution in [3.8, 4) is 17.2 Å². The molecule has 162 valence electrons. The fraction of sp³-hybridized carbons (Fsp3) is 0.208. The Hall–Kier alpha value is -3.71. The standard InChI is InChI=1S/C24H26N2O5/c25-19-8-6-18(7-9-19)14-15-26(24(28)29)16-20(27)17-30-21-10-12-23(13-11-21)31-22-4-2-1-3-5-22/h1-13,20,27H,14-17,25H2,(H,28,29)/t20-/m0/s1. The van der Waals surface area contributed by atoms with E-state index in [1.165, 1.54) is 4.90 Å². The molecular weight excluding hydrogens is 396 g/mol. The van der Waals surface area contributed by atoms with Gasteiger partial charge in [0.25, 0.3) is 0 Å². The Bertz CT molecular complexity index is 946. The monoisotopic (exact) mass is 422 g/mol. The first-order valence-electron chi connectivity index (χ1n) is 9.96. The van der Waals surface area contributed by atoms with E-state index in [-0.39, 0.29) is 19.7 Å².